The Kier molecular flexibility index (Phi) is 5.81. The highest BCUT2D eigenvalue weighted by molar-refractivity contribution is 5.99. The number of likely N-dealkylation sites (tertiary alicyclic amines) is 1. The first-order valence-corrected chi connectivity index (χ1v) is 9.96. The van der Waals surface area contributed by atoms with Crippen molar-refractivity contribution in [3.63, 3.8) is 0 Å². The van der Waals surface area contributed by atoms with Crippen LogP contribution < -0.4 is 9.47 Å². The molecule has 0 aromatic heterocycles. The van der Waals surface area contributed by atoms with Crippen molar-refractivity contribution in [1.29, 1.82) is 0 Å². The van der Waals surface area contributed by atoms with Gasteiger partial charge < -0.3 is 19.1 Å². The van der Waals surface area contributed by atoms with Crippen molar-refractivity contribution in [3.05, 3.63) is 59.7 Å². The Morgan fingerprint density at radius 1 is 1.17 bits per heavy atom. The molecule has 0 spiro atoms. The molecular weight excluding hydrogens is 370 g/mol. The molecule has 2 atom stereocenters. The average Bonchev–Trinajstić information content (AvgIpc) is 3.38. The van der Waals surface area contributed by atoms with Crippen LogP contribution >= 0.6 is 0 Å². The molecule has 0 radical (unpaired) electrons. The van der Waals surface area contributed by atoms with Crippen LogP contribution in [0.4, 0.5) is 0 Å². The first-order chi connectivity index (χ1) is 14.1. The van der Waals surface area contributed by atoms with Crippen molar-refractivity contribution in [2.75, 3.05) is 26.8 Å². The predicted molar refractivity (Wildman–Crippen MR) is 107 cm³/mol. The van der Waals surface area contributed by atoms with E-state index >= 15 is 0 Å². The minimum absolute atomic E-state index is 0.00306. The Labute approximate surface area is 170 Å². The van der Waals surface area contributed by atoms with Gasteiger partial charge in [-0.05, 0) is 24.1 Å². The second-order valence-electron chi connectivity index (χ2n) is 7.44. The lowest BCUT2D eigenvalue weighted by Gasteiger charge is -2.19. The number of ether oxygens (including phenoxy) is 3. The number of Topliss-reactive ketones (excluding diaryl/α,β-unsaturated/α-hetero) is 1. The van der Waals surface area contributed by atoms with Crippen molar-refractivity contribution in [3.8, 4) is 11.5 Å². The van der Waals surface area contributed by atoms with Crippen molar-refractivity contribution in [2.45, 2.75) is 31.5 Å². The van der Waals surface area contributed by atoms with Crippen LogP contribution in [0, 0.1) is 0 Å². The topological polar surface area (TPSA) is 65.1 Å². The molecule has 2 fully saturated rings. The fourth-order valence-corrected chi connectivity index (χ4v) is 3.86. The molecule has 6 nitrogen and oxygen atoms in total. The van der Waals surface area contributed by atoms with Crippen LogP contribution in [0.3, 0.4) is 0 Å². The van der Waals surface area contributed by atoms with Gasteiger partial charge in [0, 0.05) is 30.9 Å². The lowest BCUT2D eigenvalue weighted by atomic mass is 9.98. The molecule has 1 amide bonds. The van der Waals surface area contributed by atoms with E-state index in [4.69, 9.17) is 14.2 Å². The number of methoxy groups -OCH3 is 1. The fraction of sp³-hybridized carbons (Fsp3) is 0.391. The first-order valence-electron chi connectivity index (χ1n) is 9.96. The Morgan fingerprint density at radius 3 is 2.72 bits per heavy atom. The summed E-state index contributed by atoms with van der Waals surface area (Å²) in [5, 5.41) is 0. The summed E-state index contributed by atoms with van der Waals surface area (Å²) < 4.78 is 17.0. The van der Waals surface area contributed by atoms with Crippen molar-refractivity contribution in [2.24, 2.45) is 0 Å². The first kappa shape index (κ1) is 19.5. The lowest BCUT2D eigenvalue weighted by Crippen LogP contribution is -2.31. The molecule has 2 heterocycles. The van der Waals surface area contributed by atoms with Crippen LogP contribution in [0.1, 0.15) is 41.1 Å². The summed E-state index contributed by atoms with van der Waals surface area (Å²) >= 11 is 0. The van der Waals surface area contributed by atoms with Gasteiger partial charge in [-0.1, -0.05) is 36.4 Å². The zero-order chi connectivity index (χ0) is 20.2. The third-order valence-corrected chi connectivity index (χ3v) is 5.45. The van der Waals surface area contributed by atoms with Crippen LogP contribution in [-0.2, 0) is 9.53 Å². The molecule has 29 heavy (non-hydrogen) atoms. The molecule has 6 heteroatoms. The number of ketones is 1. The van der Waals surface area contributed by atoms with Crippen molar-refractivity contribution >= 4 is 11.7 Å². The summed E-state index contributed by atoms with van der Waals surface area (Å²) in [6, 6.07) is 14.8. The minimum atomic E-state index is -0.260. The maximum atomic E-state index is 12.5. The Bertz CT molecular complexity index is 876. The van der Waals surface area contributed by atoms with Crippen LogP contribution in [0.2, 0.25) is 0 Å². The average molecular weight is 395 g/mol. The Balaban J connectivity index is 1.46. The van der Waals surface area contributed by atoms with Crippen molar-refractivity contribution in [1.82, 2.24) is 4.90 Å². The highest BCUT2D eigenvalue weighted by Gasteiger charge is 2.32. The molecule has 0 saturated carbocycles. The number of benzene rings is 2. The lowest BCUT2D eigenvalue weighted by molar-refractivity contribution is -0.127. The molecule has 2 aromatic rings. The van der Waals surface area contributed by atoms with Gasteiger partial charge >= 0.3 is 0 Å². The van der Waals surface area contributed by atoms with Gasteiger partial charge in [0.25, 0.3) is 0 Å². The van der Waals surface area contributed by atoms with E-state index in [1.807, 2.05) is 36.4 Å². The van der Waals surface area contributed by atoms with Crippen LogP contribution in [0.5, 0.6) is 11.5 Å². The van der Waals surface area contributed by atoms with Crippen LogP contribution in [0.25, 0.3) is 0 Å². The summed E-state index contributed by atoms with van der Waals surface area (Å²) in [6.45, 7) is 1.33. The number of hydrogen-bond acceptors (Lipinski definition) is 5. The molecule has 2 aliphatic heterocycles. The highest BCUT2D eigenvalue weighted by Crippen LogP contribution is 2.36. The van der Waals surface area contributed by atoms with E-state index in [9.17, 15) is 9.59 Å². The molecule has 1 unspecified atom stereocenters. The van der Waals surface area contributed by atoms with Gasteiger partial charge in [-0.2, -0.15) is 0 Å². The smallest absolute Gasteiger partial charge is 0.223 e. The van der Waals surface area contributed by atoms with E-state index in [2.05, 4.69) is 0 Å². The molecule has 0 N–H and O–H groups in total. The molecule has 2 aromatic carbocycles. The normalized spacial score (nSPS) is 21.4. The predicted octanol–water partition coefficient (Wildman–Crippen LogP) is 3.41. The number of hydrogen-bond donors (Lipinski definition) is 0. The van der Waals surface area contributed by atoms with Gasteiger partial charge in [-0.15, -0.1) is 0 Å². The molecule has 2 aliphatic rings. The zero-order valence-corrected chi connectivity index (χ0v) is 16.5. The zero-order valence-electron chi connectivity index (χ0n) is 16.5. The number of rotatable bonds is 7. The summed E-state index contributed by atoms with van der Waals surface area (Å²) in [4.78, 5) is 26.6. The molecule has 0 aliphatic carbocycles. The third-order valence-electron chi connectivity index (χ3n) is 5.45. The molecule has 0 bridgehead atoms. The second-order valence-corrected chi connectivity index (χ2v) is 7.44. The van der Waals surface area contributed by atoms with Gasteiger partial charge in [-0.25, -0.2) is 0 Å². The Hall–Kier alpha value is -2.86. The summed E-state index contributed by atoms with van der Waals surface area (Å²) in [5.74, 6) is 1.24. The van der Waals surface area contributed by atoms with Gasteiger partial charge in [0.15, 0.2) is 23.6 Å². The summed E-state index contributed by atoms with van der Waals surface area (Å²) in [7, 11) is 1.60. The largest absolute Gasteiger partial charge is 0.493 e. The van der Waals surface area contributed by atoms with E-state index in [1.54, 1.807) is 24.1 Å². The maximum absolute atomic E-state index is 12.5. The molecule has 152 valence electrons. The molecule has 2 saturated heterocycles. The summed E-state index contributed by atoms with van der Waals surface area (Å²) in [5.41, 5.74) is 1.63. The standard InChI is InChI=1S/C23H25NO5/c1-27-20-10-9-17(12-21(20)29-23-8-5-11-28-23)18-13-22(26)24(14-18)15-19(25)16-6-3-2-4-7-16/h2-4,6-7,9-10,12,18,23H,5,8,11,13-15H2,1H3/t18-,23?/m1/s1. The van der Waals surface area contributed by atoms with Crippen LogP contribution in [0.15, 0.2) is 48.5 Å². The quantitative estimate of drug-likeness (QED) is 0.672. The van der Waals surface area contributed by atoms with E-state index in [0.29, 0.717) is 36.6 Å². The van der Waals surface area contributed by atoms with Gasteiger partial charge in [0.2, 0.25) is 5.91 Å². The number of amides is 1. The molecular formula is C23H25NO5. The van der Waals surface area contributed by atoms with Gasteiger partial charge in [0.1, 0.15) is 0 Å². The van der Waals surface area contributed by atoms with E-state index in [1.165, 1.54) is 0 Å². The minimum Gasteiger partial charge on any atom is -0.493 e. The third kappa shape index (κ3) is 4.43. The van der Waals surface area contributed by atoms with Crippen LogP contribution in [-0.4, -0.2) is 49.7 Å². The monoisotopic (exact) mass is 395 g/mol. The SMILES string of the molecule is COc1ccc([C@@H]2CC(=O)N(CC(=O)c3ccccc3)C2)cc1OC1CCCO1. The van der Waals surface area contributed by atoms with E-state index in [0.717, 1.165) is 18.4 Å². The van der Waals surface area contributed by atoms with E-state index < -0.39 is 0 Å². The number of nitrogens with zero attached hydrogens (tertiary/aromatic N) is 1. The summed E-state index contributed by atoms with van der Waals surface area (Å²) in [6.07, 6.45) is 1.96. The van der Waals surface area contributed by atoms with Crippen molar-refractivity contribution < 1.29 is 23.8 Å². The number of carbonyl (C=O) groups excluding carboxylic acids is 2. The molecule has 4 rings (SSSR count). The highest BCUT2D eigenvalue weighted by atomic mass is 16.7. The second kappa shape index (κ2) is 8.66. The van der Waals surface area contributed by atoms with Gasteiger partial charge in [-0.3, -0.25) is 9.59 Å². The maximum Gasteiger partial charge on any atom is 0.223 e. The Morgan fingerprint density at radius 2 is 2.00 bits per heavy atom. The fourth-order valence-electron chi connectivity index (χ4n) is 3.86. The van der Waals surface area contributed by atoms with Gasteiger partial charge in [0.05, 0.1) is 20.3 Å². The number of carbonyl (C=O) groups is 2. The van der Waals surface area contributed by atoms with E-state index in [-0.39, 0.29) is 30.4 Å².